The maximum absolute atomic E-state index is 13.3. The molecule has 0 aromatic heterocycles. The highest BCUT2D eigenvalue weighted by Crippen LogP contribution is 2.15. The molecular weight excluding hydrogens is 263 g/mol. The van der Waals surface area contributed by atoms with Gasteiger partial charge in [-0.15, -0.1) is 0 Å². The number of nitriles is 1. The highest BCUT2D eigenvalue weighted by molar-refractivity contribution is 9.09. The van der Waals surface area contributed by atoms with Crippen LogP contribution in [0.4, 0.5) is 10.1 Å². The second kappa shape index (κ2) is 5.47. The Morgan fingerprint density at radius 1 is 1.60 bits per heavy atom. The number of hydrogen-bond acceptors (Lipinski definition) is 2. The second-order valence-corrected chi connectivity index (χ2v) is 3.59. The van der Waals surface area contributed by atoms with Gasteiger partial charge in [0.05, 0.1) is 17.3 Å². The van der Waals surface area contributed by atoms with Crippen LogP contribution in [0.1, 0.15) is 12.0 Å². The molecular formula is C10H8BrFN2O. The van der Waals surface area contributed by atoms with E-state index in [0.29, 0.717) is 5.33 Å². The maximum atomic E-state index is 13.3. The van der Waals surface area contributed by atoms with E-state index in [-0.39, 0.29) is 23.6 Å². The van der Waals surface area contributed by atoms with E-state index in [1.54, 1.807) is 0 Å². The van der Waals surface area contributed by atoms with Crippen LogP contribution < -0.4 is 5.32 Å². The molecule has 0 bridgehead atoms. The Balaban J connectivity index is 2.79. The molecule has 15 heavy (non-hydrogen) atoms. The molecule has 0 heterocycles. The van der Waals surface area contributed by atoms with Gasteiger partial charge in [0.25, 0.3) is 0 Å². The summed E-state index contributed by atoms with van der Waals surface area (Å²) in [7, 11) is 0. The van der Waals surface area contributed by atoms with E-state index in [2.05, 4.69) is 21.2 Å². The summed E-state index contributed by atoms with van der Waals surface area (Å²) in [6.45, 7) is 0. The summed E-state index contributed by atoms with van der Waals surface area (Å²) >= 11 is 3.11. The van der Waals surface area contributed by atoms with Crippen LogP contribution in [0.5, 0.6) is 0 Å². The first-order valence-corrected chi connectivity index (χ1v) is 5.35. The number of benzene rings is 1. The minimum absolute atomic E-state index is 0.0972. The Bertz CT molecular complexity index is 414. The molecule has 0 saturated carbocycles. The molecule has 1 N–H and O–H groups in total. The summed E-state index contributed by atoms with van der Waals surface area (Å²) in [5.41, 5.74) is 0.325. The number of amides is 1. The van der Waals surface area contributed by atoms with Crippen LogP contribution in [-0.2, 0) is 4.79 Å². The lowest BCUT2D eigenvalue weighted by Crippen LogP contribution is -2.12. The van der Waals surface area contributed by atoms with Gasteiger partial charge in [-0.25, -0.2) is 4.39 Å². The summed E-state index contributed by atoms with van der Waals surface area (Å²) in [4.78, 5) is 11.1. The number of alkyl halides is 1. The summed E-state index contributed by atoms with van der Waals surface area (Å²) < 4.78 is 13.3. The van der Waals surface area contributed by atoms with Crippen LogP contribution in [-0.4, -0.2) is 11.2 Å². The fourth-order valence-corrected chi connectivity index (χ4v) is 1.34. The Morgan fingerprint density at radius 2 is 2.33 bits per heavy atom. The standard InChI is InChI=1S/C10H8BrFN2O/c11-4-3-10(15)14-9-2-1-7(6-13)5-8(9)12/h1-2,5H,3-4H2,(H,14,15). The summed E-state index contributed by atoms with van der Waals surface area (Å²) in [6.07, 6.45) is 0.277. The molecule has 0 atom stereocenters. The van der Waals surface area contributed by atoms with Crippen molar-refractivity contribution in [2.24, 2.45) is 0 Å². The van der Waals surface area contributed by atoms with E-state index >= 15 is 0 Å². The molecule has 0 unspecified atom stereocenters. The van der Waals surface area contributed by atoms with Crippen molar-refractivity contribution >= 4 is 27.5 Å². The van der Waals surface area contributed by atoms with E-state index < -0.39 is 5.82 Å². The molecule has 0 radical (unpaired) electrons. The average molecular weight is 271 g/mol. The van der Waals surface area contributed by atoms with Crippen molar-refractivity contribution in [3.05, 3.63) is 29.6 Å². The molecule has 0 aliphatic rings. The smallest absolute Gasteiger partial charge is 0.225 e. The summed E-state index contributed by atoms with van der Waals surface area (Å²) in [5, 5.41) is 11.4. The number of anilines is 1. The number of carbonyl (C=O) groups is 1. The molecule has 5 heteroatoms. The quantitative estimate of drug-likeness (QED) is 0.858. The molecule has 78 valence electrons. The van der Waals surface area contributed by atoms with Crippen molar-refractivity contribution < 1.29 is 9.18 Å². The molecule has 0 aliphatic carbocycles. The van der Waals surface area contributed by atoms with Gasteiger partial charge in [0.15, 0.2) is 0 Å². The number of halogens is 2. The van der Waals surface area contributed by atoms with E-state index in [9.17, 15) is 9.18 Å². The van der Waals surface area contributed by atoms with Gasteiger partial charge in [0, 0.05) is 11.8 Å². The average Bonchev–Trinajstić information content (AvgIpc) is 2.21. The zero-order valence-corrected chi connectivity index (χ0v) is 9.34. The van der Waals surface area contributed by atoms with Crippen molar-refractivity contribution in [2.45, 2.75) is 6.42 Å². The van der Waals surface area contributed by atoms with E-state index in [4.69, 9.17) is 5.26 Å². The number of nitrogens with one attached hydrogen (secondary N) is 1. The lowest BCUT2D eigenvalue weighted by atomic mass is 10.2. The molecule has 1 aromatic carbocycles. The van der Waals surface area contributed by atoms with Crippen LogP contribution in [0.2, 0.25) is 0 Å². The topological polar surface area (TPSA) is 52.9 Å². The number of nitrogens with zero attached hydrogens (tertiary/aromatic N) is 1. The van der Waals surface area contributed by atoms with Gasteiger partial charge in [-0.2, -0.15) is 5.26 Å². The molecule has 0 spiro atoms. The van der Waals surface area contributed by atoms with Gasteiger partial charge in [-0.05, 0) is 18.2 Å². The Hall–Kier alpha value is -1.41. The second-order valence-electron chi connectivity index (χ2n) is 2.79. The first-order chi connectivity index (χ1) is 7.17. The van der Waals surface area contributed by atoms with Crippen molar-refractivity contribution in [3.63, 3.8) is 0 Å². The molecule has 1 amide bonds. The first kappa shape index (κ1) is 11.7. The lowest BCUT2D eigenvalue weighted by Gasteiger charge is -2.04. The molecule has 1 aromatic rings. The van der Waals surface area contributed by atoms with Crippen molar-refractivity contribution in [1.82, 2.24) is 0 Å². The monoisotopic (exact) mass is 270 g/mol. The minimum Gasteiger partial charge on any atom is -0.324 e. The van der Waals surface area contributed by atoms with Crippen LogP contribution >= 0.6 is 15.9 Å². The Morgan fingerprint density at radius 3 is 2.87 bits per heavy atom. The van der Waals surface area contributed by atoms with Crippen molar-refractivity contribution in [2.75, 3.05) is 10.6 Å². The first-order valence-electron chi connectivity index (χ1n) is 4.23. The van der Waals surface area contributed by atoms with Crippen LogP contribution in [0, 0.1) is 17.1 Å². The van der Waals surface area contributed by atoms with E-state index in [0.717, 1.165) is 6.07 Å². The molecule has 0 aliphatic heterocycles. The van der Waals surface area contributed by atoms with Gasteiger partial charge in [0.2, 0.25) is 5.91 Å². The summed E-state index contributed by atoms with van der Waals surface area (Å²) in [5.74, 6) is -0.868. The Kier molecular flexibility index (Phi) is 4.25. The normalized spacial score (nSPS) is 9.40. The van der Waals surface area contributed by atoms with Crippen molar-refractivity contribution in [1.29, 1.82) is 5.26 Å². The SMILES string of the molecule is N#Cc1ccc(NC(=O)CCBr)c(F)c1. The molecule has 3 nitrogen and oxygen atoms in total. The van der Waals surface area contributed by atoms with Gasteiger partial charge >= 0.3 is 0 Å². The van der Waals surface area contributed by atoms with Crippen LogP contribution in [0.3, 0.4) is 0 Å². The number of carbonyl (C=O) groups excluding carboxylic acids is 1. The lowest BCUT2D eigenvalue weighted by molar-refractivity contribution is -0.115. The van der Waals surface area contributed by atoms with E-state index in [1.165, 1.54) is 12.1 Å². The zero-order chi connectivity index (χ0) is 11.3. The van der Waals surface area contributed by atoms with E-state index in [1.807, 2.05) is 6.07 Å². The molecule has 1 rings (SSSR count). The fourth-order valence-electron chi connectivity index (χ4n) is 0.985. The highest BCUT2D eigenvalue weighted by atomic mass is 79.9. The zero-order valence-electron chi connectivity index (χ0n) is 7.76. The van der Waals surface area contributed by atoms with Gasteiger partial charge in [0.1, 0.15) is 5.82 Å². The number of hydrogen-bond donors (Lipinski definition) is 1. The predicted octanol–water partition coefficient (Wildman–Crippen LogP) is 2.42. The fraction of sp³-hybridized carbons (Fsp3) is 0.200. The minimum atomic E-state index is -0.600. The number of rotatable bonds is 3. The van der Waals surface area contributed by atoms with Crippen LogP contribution in [0.25, 0.3) is 0 Å². The maximum Gasteiger partial charge on any atom is 0.225 e. The summed E-state index contributed by atoms with van der Waals surface area (Å²) in [6, 6.07) is 5.73. The third-order valence-electron chi connectivity index (χ3n) is 1.69. The van der Waals surface area contributed by atoms with Gasteiger partial charge < -0.3 is 5.32 Å². The van der Waals surface area contributed by atoms with Crippen molar-refractivity contribution in [3.8, 4) is 6.07 Å². The van der Waals surface area contributed by atoms with Crippen LogP contribution in [0.15, 0.2) is 18.2 Å². The highest BCUT2D eigenvalue weighted by Gasteiger charge is 2.06. The molecule has 0 saturated heterocycles. The van der Waals surface area contributed by atoms with Gasteiger partial charge in [-0.1, -0.05) is 15.9 Å². The third kappa shape index (κ3) is 3.33. The third-order valence-corrected chi connectivity index (χ3v) is 2.09. The van der Waals surface area contributed by atoms with Gasteiger partial charge in [-0.3, -0.25) is 4.79 Å². The largest absolute Gasteiger partial charge is 0.324 e. The predicted molar refractivity (Wildman–Crippen MR) is 58.2 cm³/mol. The molecule has 0 fully saturated rings. The Labute approximate surface area is 95.0 Å².